The van der Waals surface area contributed by atoms with Crippen LogP contribution in [0.1, 0.15) is 10.4 Å². The number of primary amides is 1. The number of anilines is 1. The maximum absolute atomic E-state index is 12.2. The maximum Gasteiger partial charge on any atom is 0.260 e. The lowest BCUT2D eigenvalue weighted by Crippen LogP contribution is -2.19. The Hall–Kier alpha value is -2.54. The molecule has 3 N–H and O–H groups in total. The van der Waals surface area contributed by atoms with Crippen molar-refractivity contribution >= 4 is 29.2 Å². The van der Waals surface area contributed by atoms with Gasteiger partial charge in [0.25, 0.3) is 5.91 Å². The predicted molar refractivity (Wildman–Crippen MR) is 77.4 cm³/mol. The summed E-state index contributed by atoms with van der Waals surface area (Å²) in [6.45, 7) is -0.0554. The van der Waals surface area contributed by atoms with E-state index in [-0.39, 0.29) is 6.54 Å². The van der Waals surface area contributed by atoms with Gasteiger partial charge in [0.2, 0.25) is 5.91 Å². The average molecular weight is 309 g/mol. The highest BCUT2D eigenvalue weighted by Gasteiger charge is 2.14. The highest BCUT2D eigenvalue weighted by molar-refractivity contribution is 6.31. The van der Waals surface area contributed by atoms with Crippen LogP contribution in [0.5, 0.6) is 5.75 Å². The number of benzene rings is 1. The molecule has 1 aromatic carbocycles. The van der Waals surface area contributed by atoms with E-state index in [0.717, 1.165) is 0 Å². The number of carbonyl (C=O) groups is 2. The fourth-order valence-electron chi connectivity index (χ4n) is 1.71. The summed E-state index contributed by atoms with van der Waals surface area (Å²) in [5.41, 5.74) is 5.39. The zero-order chi connectivity index (χ0) is 15.4. The van der Waals surface area contributed by atoms with Crippen LogP contribution in [-0.4, -0.2) is 28.7 Å². The second kappa shape index (κ2) is 6.27. The van der Waals surface area contributed by atoms with Crippen LogP contribution in [0, 0.1) is 0 Å². The molecular weight excluding hydrogens is 296 g/mol. The van der Waals surface area contributed by atoms with Crippen LogP contribution in [0.15, 0.2) is 30.5 Å². The Kier molecular flexibility index (Phi) is 4.44. The fraction of sp³-hybridized carbons (Fsp3) is 0.154. The van der Waals surface area contributed by atoms with E-state index in [1.165, 1.54) is 11.8 Å². The number of amides is 2. The predicted octanol–water partition coefficient (Wildman–Crippen LogP) is 1.28. The molecule has 0 bridgehead atoms. The van der Waals surface area contributed by atoms with Gasteiger partial charge >= 0.3 is 0 Å². The van der Waals surface area contributed by atoms with Crippen LogP contribution in [0.25, 0.3) is 0 Å². The molecule has 0 saturated heterocycles. The number of methoxy groups -OCH3 is 1. The van der Waals surface area contributed by atoms with Gasteiger partial charge in [-0.15, -0.1) is 0 Å². The van der Waals surface area contributed by atoms with Gasteiger partial charge in [0.15, 0.2) is 5.82 Å². The van der Waals surface area contributed by atoms with E-state index < -0.39 is 11.8 Å². The Labute approximate surface area is 125 Å². The molecule has 0 unspecified atom stereocenters. The second-order valence-electron chi connectivity index (χ2n) is 4.16. The van der Waals surface area contributed by atoms with Crippen LogP contribution >= 0.6 is 11.6 Å². The Balaban J connectivity index is 2.14. The highest BCUT2D eigenvalue weighted by atomic mass is 35.5. The third-order valence-corrected chi connectivity index (χ3v) is 2.84. The number of nitrogens with zero attached hydrogens (tertiary/aromatic N) is 2. The molecule has 0 aliphatic carbocycles. The molecule has 8 heteroatoms. The van der Waals surface area contributed by atoms with Crippen LogP contribution in [0.4, 0.5) is 5.82 Å². The van der Waals surface area contributed by atoms with Crippen LogP contribution in [0.3, 0.4) is 0 Å². The number of aromatic nitrogens is 2. The number of rotatable bonds is 5. The van der Waals surface area contributed by atoms with Gasteiger partial charge in [0.1, 0.15) is 12.3 Å². The van der Waals surface area contributed by atoms with Gasteiger partial charge in [0.05, 0.1) is 12.7 Å². The quantitative estimate of drug-likeness (QED) is 0.869. The Morgan fingerprint density at radius 2 is 2.19 bits per heavy atom. The van der Waals surface area contributed by atoms with Crippen molar-refractivity contribution in [3.63, 3.8) is 0 Å². The molecule has 1 heterocycles. The summed E-state index contributed by atoms with van der Waals surface area (Å²) in [6.07, 6.45) is 1.54. The zero-order valence-corrected chi connectivity index (χ0v) is 11.9. The molecule has 0 saturated carbocycles. The van der Waals surface area contributed by atoms with Crippen molar-refractivity contribution in [2.75, 3.05) is 12.4 Å². The van der Waals surface area contributed by atoms with Crippen molar-refractivity contribution in [3.8, 4) is 5.75 Å². The Morgan fingerprint density at radius 3 is 2.86 bits per heavy atom. The van der Waals surface area contributed by atoms with E-state index in [1.54, 1.807) is 30.5 Å². The number of nitrogens with two attached hydrogens (primary N) is 1. The van der Waals surface area contributed by atoms with Crippen molar-refractivity contribution in [2.45, 2.75) is 6.54 Å². The number of hydrogen-bond acceptors (Lipinski definition) is 4. The average Bonchev–Trinajstić information content (AvgIpc) is 2.84. The summed E-state index contributed by atoms with van der Waals surface area (Å²) in [4.78, 5) is 22.9. The first kappa shape index (κ1) is 14.9. The van der Waals surface area contributed by atoms with Gasteiger partial charge in [-0.2, -0.15) is 5.10 Å². The highest BCUT2D eigenvalue weighted by Crippen LogP contribution is 2.23. The van der Waals surface area contributed by atoms with Crippen LogP contribution in [0.2, 0.25) is 5.02 Å². The monoisotopic (exact) mass is 308 g/mol. The minimum absolute atomic E-state index is 0.0554. The topological polar surface area (TPSA) is 99.2 Å². The smallest absolute Gasteiger partial charge is 0.260 e. The van der Waals surface area contributed by atoms with Gasteiger partial charge in [-0.1, -0.05) is 11.6 Å². The van der Waals surface area contributed by atoms with Crippen LogP contribution in [-0.2, 0) is 11.3 Å². The molecule has 2 amide bonds. The minimum atomic E-state index is -0.518. The van der Waals surface area contributed by atoms with Crippen molar-refractivity contribution in [2.24, 2.45) is 5.73 Å². The number of nitrogens with one attached hydrogen (secondary N) is 1. The van der Waals surface area contributed by atoms with Crippen molar-refractivity contribution in [1.29, 1.82) is 0 Å². The number of carbonyl (C=O) groups excluding carboxylic acids is 2. The SMILES string of the molecule is COc1cc(Cl)ccc1C(=O)Nc1ccn(CC(N)=O)n1. The third kappa shape index (κ3) is 3.73. The molecular formula is C13H13ClN4O3. The summed E-state index contributed by atoms with van der Waals surface area (Å²) in [6, 6.07) is 6.24. The van der Waals surface area contributed by atoms with Crippen molar-refractivity contribution < 1.29 is 14.3 Å². The first-order valence-electron chi connectivity index (χ1n) is 5.96. The zero-order valence-electron chi connectivity index (χ0n) is 11.2. The molecule has 110 valence electrons. The Bertz CT molecular complexity index is 684. The minimum Gasteiger partial charge on any atom is -0.496 e. The molecule has 0 atom stereocenters. The second-order valence-corrected chi connectivity index (χ2v) is 4.60. The van der Waals surface area contributed by atoms with Gasteiger partial charge in [-0.05, 0) is 18.2 Å². The van der Waals surface area contributed by atoms with Crippen LogP contribution < -0.4 is 15.8 Å². The molecule has 2 aromatic rings. The largest absolute Gasteiger partial charge is 0.496 e. The molecule has 1 aromatic heterocycles. The standard InChI is InChI=1S/C13H13ClN4O3/c1-21-10-6-8(14)2-3-9(10)13(20)16-12-4-5-18(17-12)7-11(15)19/h2-6H,7H2,1H3,(H2,15,19)(H,16,17,20). The van der Waals surface area contributed by atoms with E-state index in [1.807, 2.05) is 0 Å². The summed E-state index contributed by atoms with van der Waals surface area (Å²) < 4.78 is 6.44. The molecule has 0 fully saturated rings. The van der Waals surface area contributed by atoms with Gasteiger partial charge in [0, 0.05) is 17.3 Å². The molecule has 0 aliphatic rings. The van der Waals surface area contributed by atoms with E-state index in [2.05, 4.69) is 10.4 Å². The molecule has 21 heavy (non-hydrogen) atoms. The molecule has 0 spiro atoms. The lowest BCUT2D eigenvalue weighted by molar-refractivity contribution is -0.118. The molecule has 2 rings (SSSR count). The lowest BCUT2D eigenvalue weighted by Gasteiger charge is -2.08. The van der Waals surface area contributed by atoms with Crippen molar-refractivity contribution in [1.82, 2.24) is 9.78 Å². The molecule has 7 nitrogen and oxygen atoms in total. The Morgan fingerprint density at radius 1 is 1.43 bits per heavy atom. The maximum atomic E-state index is 12.2. The summed E-state index contributed by atoms with van der Waals surface area (Å²) in [5.74, 6) is -0.252. The number of ether oxygens (including phenoxy) is 1. The summed E-state index contributed by atoms with van der Waals surface area (Å²) in [7, 11) is 1.45. The normalized spacial score (nSPS) is 10.2. The summed E-state index contributed by atoms with van der Waals surface area (Å²) >= 11 is 5.84. The van der Waals surface area contributed by atoms with E-state index >= 15 is 0 Å². The first-order chi connectivity index (χ1) is 9.99. The summed E-state index contributed by atoms with van der Waals surface area (Å²) in [5, 5.41) is 7.07. The van der Waals surface area contributed by atoms with Gasteiger partial charge in [-0.3, -0.25) is 14.3 Å². The molecule has 0 aliphatic heterocycles. The fourth-order valence-corrected chi connectivity index (χ4v) is 1.87. The van der Waals surface area contributed by atoms with E-state index in [9.17, 15) is 9.59 Å². The van der Waals surface area contributed by atoms with E-state index in [4.69, 9.17) is 22.1 Å². The van der Waals surface area contributed by atoms with E-state index in [0.29, 0.717) is 22.2 Å². The third-order valence-electron chi connectivity index (χ3n) is 2.61. The lowest BCUT2D eigenvalue weighted by atomic mass is 10.2. The first-order valence-corrected chi connectivity index (χ1v) is 6.34. The van der Waals surface area contributed by atoms with Gasteiger partial charge in [-0.25, -0.2) is 0 Å². The number of hydrogen-bond donors (Lipinski definition) is 2. The molecule has 0 radical (unpaired) electrons. The van der Waals surface area contributed by atoms with Gasteiger partial charge < -0.3 is 15.8 Å². The number of halogens is 1. The van der Waals surface area contributed by atoms with Crippen molar-refractivity contribution in [3.05, 3.63) is 41.0 Å².